The molecule has 0 saturated heterocycles. The number of nitrogens with zero attached hydrogens (tertiary/aromatic N) is 1. The molecule has 0 heterocycles. The molecule has 1 rings (SSSR count). The summed E-state index contributed by atoms with van der Waals surface area (Å²) < 4.78 is 31.3. The first-order chi connectivity index (χ1) is 13.8. The van der Waals surface area contributed by atoms with Crippen molar-refractivity contribution in [3.8, 4) is 0 Å². The third kappa shape index (κ3) is 8.86. The minimum Gasteiger partial charge on any atom is -0.462 e. The molecule has 6 heteroatoms. The maximum Gasteiger partial charge on any atom is 0.350 e. The highest BCUT2D eigenvalue weighted by Crippen LogP contribution is 2.21. The summed E-state index contributed by atoms with van der Waals surface area (Å²) in [5.41, 5.74) is 0.949. The van der Waals surface area contributed by atoms with Gasteiger partial charge in [-0.1, -0.05) is 56.7 Å². The number of aryl methyl sites for hydroxylation is 1. The van der Waals surface area contributed by atoms with E-state index in [2.05, 4.69) is 6.92 Å². The number of ether oxygens (including phenoxy) is 1. The van der Waals surface area contributed by atoms with Crippen molar-refractivity contribution < 1.29 is 17.9 Å². The number of benzene rings is 1. The average Bonchev–Trinajstić information content (AvgIpc) is 2.70. The average molecular weight is 422 g/mol. The zero-order chi connectivity index (χ0) is 21.7. The Morgan fingerprint density at radius 3 is 2.28 bits per heavy atom. The minimum absolute atomic E-state index is 0.0862. The molecule has 0 aliphatic heterocycles. The van der Waals surface area contributed by atoms with Crippen molar-refractivity contribution in [2.75, 3.05) is 20.2 Å². The Kier molecular flexibility index (Phi) is 11.4. The SMILES string of the molecule is CCCCCCCCOC(=O)C(=CC=CN(C)CC)S(=O)(=O)c1ccc(C)cc1. The number of hydrogen-bond acceptors (Lipinski definition) is 5. The van der Waals surface area contributed by atoms with E-state index in [1.807, 2.05) is 25.8 Å². The lowest BCUT2D eigenvalue weighted by atomic mass is 10.1. The zero-order valence-corrected chi connectivity index (χ0v) is 19.0. The zero-order valence-electron chi connectivity index (χ0n) is 18.2. The van der Waals surface area contributed by atoms with E-state index < -0.39 is 15.8 Å². The fraction of sp³-hybridized carbons (Fsp3) is 0.522. The number of carbonyl (C=O) groups excluding carboxylic acids is 1. The van der Waals surface area contributed by atoms with Gasteiger partial charge in [0.25, 0.3) is 0 Å². The van der Waals surface area contributed by atoms with E-state index >= 15 is 0 Å². The van der Waals surface area contributed by atoms with Gasteiger partial charge in [0, 0.05) is 13.6 Å². The smallest absolute Gasteiger partial charge is 0.350 e. The summed E-state index contributed by atoms with van der Waals surface area (Å²) in [7, 11) is -2.09. The number of hydrogen-bond donors (Lipinski definition) is 0. The highest BCUT2D eigenvalue weighted by Gasteiger charge is 2.27. The highest BCUT2D eigenvalue weighted by molar-refractivity contribution is 7.96. The summed E-state index contributed by atoms with van der Waals surface area (Å²) in [6, 6.07) is 6.46. The van der Waals surface area contributed by atoms with Crippen molar-refractivity contribution in [1.82, 2.24) is 4.90 Å². The topological polar surface area (TPSA) is 63.7 Å². The Labute approximate surface area is 176 Å². The molecular formula is C23H35NO4S. The van der Waals surface area contributed by atoms with Crippen molar-refractivity contribution in [3.63, 3.8) is 0 Å². The monoisotopic (exact) mass is 421 g/mol. The fourth-order valence-corrected chi connectivity index (χ4v) is 3.90. The van der Waals surface area contributed by atoms with Crippen LogP contribution in [-0.4, -0.2) is 39.5 Å². The lowest BCUT2D eigenvalue weighted by Crippen LogP contribution is -2.17. The fourth-order valence-electron chi connectivity index (χ4n) is 2.61. The molecule has 0 spiro atoms. The van der Waals surface area contributed by atoms with Gasteiger partial charge in [0.05, 0.1) is 11.5 Å². The maximum atomic E-state index is 13.0. The third-order valence-electron chi connectivity index (χ3n) is 4.64. The van der Waals surface area contributed by atoms with Gasteiger partial charge < -0.3 is 9.64 Å². The molecule has 0 saturated carbocycles. The molecule has 0 unspecified atom stereocenters. The van der Waals surface area contributed by atoms with Crippen LogP contribution in [0.25, 0.3) is 0 Å². The van der Waals surface area contributed by atoms with Gasteiger partial charge in [0.2, 0.25) is 9.84 Å². The molecule has 0 bridgehead atoms. The summed E-state index contributed by atoms with van der Waals surface area (Å²) in [5.74, 6) is -0.803. The summed E-state index contributed by atoms with van der Waals surface area (Å²) in [6.45, 7) is 7.02. The molecule has 0 amide bonds. The predicted octanol–water partition coefficient (Wildman–Crippen LogP) is 5.02. The van der Waals surface area contributed by atoms with Gasteiger partial charge >= 0.3 is 5.97 Å². The van der Waals surface area contributed by atoms with Crippen molar-refractivity contribution >= 4 is 15.8 Å². The number of rotatable bonds is 13. The van der Waals surface area contributed by atoms with E-state index in [1.54, 1.807) is 24.4 Å². The van der Waals surface area contributed by atoms with E-state index in [9.17, 15) is 13.2 Å². The Morgan fingerprint density at radius 1 is 1.03 bits per heavy atom. The number of carbonyl (C=O) groups is 1. The van der Waals surface area contributed by atoms with Gasteiger partial charge in [-0.15, -0.1) is 0 Å². The van der Waals surface area contributed by atoms with Gasteiger partial charge in [-0.2, -0.15) is 0 Å². The van der Waals surface area contributed by atoms with Crippen LogP contribution in [0.3, 0.4) is 0 Å². The Bertz CT molecular complexity index is 780. The lowest BCUT2D eigenvalue weighted by Gasteiger charge is -2.11. The largest absolute Gasteiger partial charge is 0.462 e. The van der Waals surface area contributed by atoms with Crippen LogP contribution < -0.4 is 0 Å². The van der Waals surface area contributed by atoms with E-state index in [-0.39, 0.29) is 16.4 Å². The van der Waals surface area contributed by atoms with Gasteiger partial charge in [0.1, 0.15) is 0 Å². The van der Waals surface area contributed by atoms with Gasteiger partial charge in [0.15, 0.2) is 4.91 Å². The van der Waals surface area contributed by atoms with Crippen molar-refractivity contribution in [2.45, 2.75) is 64.2 Å². The van der Waals surface area contributed by atoms with Crippen molar-refractivity contribution in [1.29, 1.82) is 0 Å². The van der Waals surface area contributed by atoms with E-state index in [1.165, 1.54) is 37.5 Å². The second-order valence-electron chi connectivity index (χ2n) is 7.17. The molecule has 5 nitrogen and oxygen atoms in total. The van der Waals surface area contributed by atoms with E-state index in [0.717, 1.165) is 31.4 Å². The van der Waals surface area contributed by atoms with Crippen LogP contribution in [0.5, 0.6) is 0 Å². The van der Waals surface area contributed by atoms with E-state index in [0.29, 0.717) is 0 Å². The predicted molar refractivity (Wildman–Crippen MR) is 118 cm³/mol. The van der Waals surface area contributed by atoms with Crippen molar-refractivity contribution in [2.24, 2.45) is 0 Å². The molecule has 0 fully saturated rings. The number of unbranched alkanes of at least 4 members (excludes halogenated alkanes) is 5. The molecule has 1 aromatic rings. The second kappa shape index (κ2) is 13.2. The van der Waals surface area contributed by atoms with Gasteiger partial charge in [-0.3, -0.25) is 0 Å². The van der Waals surface area contributed by atoms with Gasteiger partial charge in [-0.05, 0) is 50.8 Å². The molecule has 1 aromatic carbocycles. The Balaban J connectivity index is 2.91. The van der Waals surface area contributed by atoms with Crippen LogP contribution >= 0.6 is 0 Å². The van der Waals surface area contributed by atoms with Crippen LogP contribution in [0.1, 0.15) is 57.9 Å². The molecule has 0 radical (unpaired) electrons. The third-order valence-corrected chi connectivity index (χ3v) is 6.41. The minimum atomic E-state index is -3.96. The Morgan fingerprint density at radius 2 is 1.66 bits per heavy atom. The first-order valence-electron chi connectivity index (χ1n) is 10.4. The molecular weight excluding hydrogens is 386 g/mol. The van der Waals surface area contributed by atoms with Crippen LogP contribution in [0, 0.1) is 6.92 Å². The van der Waals surface area contributed by atoms with Crippen molar-refractivity contribution in [3.05, 3.63) is 53.1 Å². The number of sulfone groups is 1. The van der Waals surface area contributed by atoms with Crippen LogP contribution in [-0.2, 0) is 19.4 Å². The quantitative estimate of drug-likeness (QED) is 0.194. The summed E-state index contributed by atoms with van der Waals surface area (Å²) >= 11 is 0. The van der Waals surface area contributed by atoms with Gasteiger partial charge in [-0.25, -0.2) is 13.2 Å². The standard InChI is InChI=1S/C23H35NO4S/c1-5-7-8-9-10-11-19-28-23(25)22(13-12-18-24(4)6-2)29(26,27)21-16-14-20(3)15-17-21/h12-18H,5-11,19H2,1-4H3. The first-order valence-corrected chi connectivity index (χ1v) is 11.9. The molecule has 0 aromatic heterocycles. The molecule has 29 heavy (non-hydrogen) atoms. The molecule has 0 aliphatic rings. The van der Waals surface area contributed by atoms with Crippen LogP contribution in [0.4, 0.5) is 0 Å². The highest BCUT2D eigenvalue weighted by atomic mass is 32.2. The number of allylic oxidation sites excluding steroid dienone is 2. The number of esters is 1. The Hall–Kier alpha value is -2.08. The normalized spacial score (nSPS) is 12.3. The molecule has 162 valence electrons. The lowest BCUT2D eigenvalue weighted by molar-refractivity contribution is -0.138. The maximum absolute atomic E-state index is 13.0. The molecule has 0 atom stereocenters. The second-order valence-corrected chi connectivity index (χ2v) is 9.08. The molecule has 0 N–H and O–H groups in total. The molecule has 0 aliphatic carbocycles. The summed E-state index contributed by atoms with van der Waals surface area (Å²) in [5, 5.41) is 0. The van der Waals surface area contributed by atoms with Crippen LogP contribution in [0.2, 0.25) is 0 Å². The summed E-state index contributed by atoms with van der Waals surface area (Å²) in [6.07, 6.45) is 11.0. The summed E-state index contributed by atoms with van der Waals surface area (Å²) in [4.78, 5) is 14.2. The van der Waals surface area contributed by atoms with E-state index in [4.69, 9.17) is 4.74 Å². The van der Waals surface area contributed by atoms with Crippen LogP contribution in [0.15, 0.2) is 52.4 Å². The first kappa shape index (κ1) is 25.0.